The monoisotopic (exact) mass is 235 g/mol. The fourth-order valence-corrected chi connectivity index (χ4v) is 2.50. The minimum Gasteiger partial charge on any atom is -0.357 e. The second-order valence-electron chi connectivity index (χ2n) is 5.21. The summed E-state index contributed by atoms with van der Waals surface area (Å²) in [5.41, 5.74) is 7.04. The molecule has 1 amide bonds. The zero-order chi connectivity index (χ0) is 12.3. The number of carbonyl (C=O) groups is 1. The number of nitrogens with two attached hydrogens (primary N) is 1. The van der Waals surface area contributed by atoms with E-state index < -0.39 is 0 Å². The summed E-state index contributed by atoms with van der Waals surface area (Å²) in [5.74, 6) is 0.0678. The summed E-state index contributed by atoms with van der Waals surface area (Å²) in [6.07, 6.45) is 8.71. The minimum atomic E-state index is -0.249. The lowest BCUT2D eigenvalue weighted by Gasteiger charge is -2.22. The Labute approximate surface area is 102 Å². The van der Waals surface area contributed by atoms with Gasteiger partial charge in [0.2, 0.25) is 5.91 Å². The molecule has 1 fully saturated rings. The zero-order valence-corrected chi connectivity index (χ0v) is 10.4. The molecule has 4 heteroatoms. The van der Waals surface area contributed by atoms with Gasteiger partial charge in [0.25, 0.3) is 0 Å². The Hall–Kier alpha value is -1.29. The highest BCUT2D eigenvalue weighted by atomic mass is 16.1. The standard InChI is InChI=1S/C13H21N3O/c1-16-7-4-11(10-16)9-15-12(17)8-13(14)5-2-3-6-13/h4,7,10H,2-3,5-6,8-9,14H2,1H3,(H,15,17). The fourth-order valence-electron chi connectivity index (χ4n) is 2.50. The minimum absolute atomic E-state index is 0.0678. The summed E-state index contributed by atoms with van der Waals surface area (Å²) in [7, 11) is 1.97. The third-order valence-electron chi connectivity index (χ3n) is 3.49. The molecule has 1 saturated carbocycles. The van der Waals surface area contributed by atoms with Crippen molar-refractivity contribution in [1.29, 1.82) is 0 Å². The fraction of sp³-hybridized carbons (Fsp3) is 0.615. The van der Waals surface area contributed by atoms with E-state index in [1.165, 1.54) is 0 Å². The lowest BCUT2D eigenvalue weighted by atomic mass is 9.94. The van der Waals surface area contributed by atoms with Crippen LogP contribution in [0, 0.1) is 0 Å². The third-order valence-corrected chi connectivity index (χ3v) is 3.49. The van der Waals surface area contributed by atoms with E-state index in [0.29, 0.717) is 13.0 Å². The first-order valence-electron chi connectivity index (χ1n) is 6.24. The van der Waals surface area contributed by atoms with Crippen molar-refractivity contribution >= 4 is 5.91 Å². The Balaban J connectivity index is 1.77. The molecule has 0 unspecified atom stereocenters. The van der Waals surface area contributed by atoms with Crippen LogP contribution in [0.15, 0.2) is 18.5 Å². The molecule has 1 aliphatic rings. The Kier molecular flexibility index (Phi) is 3.52. The molecule has 0 aromatic carbocycles. The number of aromatic nitrogens is 1. The summed E-state index contributed by atoms with van der Waals surface area (Å²) in [5, 5.41) is 2.93. The predicted octanol–water partition coefficient (Wildman–Crippen LogP) is 1.30. The van der Waals surface area contributed by atoms with E-state index in [9.17, 15) is 4.79 Å². The Bertz CT molecular complexity index is 391. The number of rotatable bonds is 4. The van der Waals surface area contributed by atoms with Gasteiger partial charge in [0.1, 0.15) is 0 Å². The summed E-state index contributed by atoms with van der Waals surface area (Å²) in [4.78, 5) is 11.8. The van der Waals surface area contributed by atoms with Crippen LogP contribution in [0.25, 0.3) is 0 Å². The van der Waals surface area contributed by atoms with Crippen LogP contribution < -0.4 is 11.1 Å². The van der Waals surface area contributed by atoms with Gasteiger partial charge < -0.3 is 15.6 Å². The van der Waals surface area contributed by atoms with Crippen molar-refractivity contribution in [2.45, 2.75) is 44.2 Å². The van der Waals surface area contributed by atoms with Crippen molar-refractivity contribution in [3.05, 3.63) is 24.0 Å². The highest BCUT2D eigenvalue weighted by Crippen LogP contribution is 2.29. The van der Waals surface area contributed by atoms with Gasteiger partial charge >= 0.3 is 0 Å². The molecule has 0 radical (unpaired) electrons. The quantitative estimate of drug-likeness (QED) is 0.826. The maximum atomic E-state index is 11.8. The van der Waals surface area contributed by atoms with Crippen molar-refractivity contribution in [2.75, 3.05) is 0 Å². The zero-order valence-electron chi connectivity index (χ0n) is 10.4. The topological polar surface area (TPSA) is 60.0 Å². The van der Waals surface area contributed by atoms with Crippen molar-refractivity contribution in [1.82, 2.24) is 9.88 Å². The number of hydrogen-bond acceptors (Lipinski definition) is 2. The van der Waals surface area contributed by atoms with Crippen LogP contribution in [0.3, 0.4) is 0 Å². The lowest BCUT2D eigenvalue weighted by molar-refractivity contribution is -0.122. The van der Waals surface area contributed by atoms with Crippen LogP contribution in [0.1, 0.15) is 37.7 Å². The molecule has 4 nitrogen and oxygen atoms in total. The molecule has 0 saturated heterocycles. The Morgan fingerprint density at radius 3 is 2.82 bits per heavy atom. The van der Waals surface area contributed by atoms with Crippen LogP contribution in [0.2, 0.25) is 0 Å². The summed E-state index contributed by atoms with van der Waals surface area (Å²) in [6.45, 7) is 0.593. The summed E-state index contributed by atoms with van der Waals surface area (Å²) >= 11 is 0. The summed E-state index contributed by atoms with van der Waals surface area (Å²) < 4.78 is 1.98. The molecule has 0 bridgehead atoms. The van der Waals surface area contributed by atoms with Crippen molar-refractivity contribution < 1.29 is 4.79 Å². The first kappa shape index (κ1) is 12.2. The van der Waals surface area contributed by atoms with E-state index in [1.807, 2.05) is 30.1 Å². The third kappa shape index (κ3) is 3.33. The molecule has 0 spiro atoms. The molecule has 1 aliphatic carbocycles. The maximum Gasteiger partial charge on any atom is 0.222 e. The molecule has 0 aliphatic heterocycles. The SMILES string of the molecule is Cn1ccc(CNC(=O)CC2(N)CCCC2)c1. The van der Waals surface area contributed by atoms with Gasteiger partial charge in [-0.25, -0.2) is 0 Å². The summed E-state index contributed by atoms with van der Waals surface area (Å²) in [6, 6.07) is 2.01. The molecule has 3 N–H and O–H groups in total. The van der Waals surface area contributed by atoms with Crippen LogP contribution in [0.5, 0.6) is 0 Å². The Morgan fingerprint density at radius 2 is 2.24 bits per heavy atom. The van der Waals surface area contributed by atoms with Crippen LogP contribution in [-0.2, 0) is 18.4 Å². The average molecular weight is 235 g/mol. The average Bonchev–Trinajstić information content (AvgIpc) is 2.85. The molecule has 1 aromatic rings. The van der Waals surface area contributed by atoms with Gasteiger partial charge in [0.05, 0.1) is 0 Å². The molecular weight excluding hydrogens is 214 g/mol. The second-order valence-corrected chi connectivity index (χ2v) is 5.21. The van der Waals surface area contributed by atoms with Crippen molar-refractivity contribution in [3.8, 4) is 0 Å². The van der Waals surface area contributed by atoms with Crippen molar-refractivity contribution in [2.24, 2.45) is 12.8 Å². The number of amides is 1. The van der Waals surface area contributed by atoms with E-state index in [1.54, 1.807) is 0 Å². The van der Waals surface area contributed by atoms with Gasteiger partial charge in [0, 0.05) is 37.9 Å². The number of nitrogens with one attached hydrogen (secondary N) is 1. The molecule has 0 atom stereocenters. The second kappa shape index (κ2) is 4.92. The molecular formula is C13H21N3O. The number of hydrogen-bond donors (Lipinski definition) is 2. The van der Waals surface area contributed by atoms with Crippen LogP contribution in [0.4, 0.5) is 0 Å². The lowest BCUT2D eigenvalue weighted by Crippen LogP contribution is -2.41. The van der Waals surface area contributed by atoms with Crippen LogP contribution in [-0.4, -0.2) is 16.0 Å². The predicted molar refractivity (Wildman–Crippen MR) is 67.3 cm³/mol. The first-order chi connectivity index (χ1) is 8.07. The van der Waals surface area contributed by atoms with E-state index in [-0.39, 0.29) is 11.4 Å². The van der Waals surface area contributed by atoms with Crippen molar-refractivity contribution in [3.63, 3.8) is 0 Å². The van der Waals surface area contributed by atoms with Gasteiger partial charge in [-0.1, -0.05) is 12.8 Å². The van der Waals surface area contributed by atoms with E-state index >= 15 is 0 Å². The maximum absolute atomic E-state index is 11.8. The first-order valence-corrected chi connectivity index (χ1v) is 6.24. The van der Waals surface area contributed by atoms with Crippen LogP contribution >= 0.6 is 0 Å². The van der Waals surface area contributed by atoms with Gasteiger partial charge in [-0.05, 0) is 24.5 Å². The van der Waals surface area contributed by atoms with Gasteiger partial charge in [-0.15, -0.1) is 0 Å². The van der Waals surface area contributed by atoms with Gasteiger partial charge in [-0.2, -0.15) is 0 Å². The highest BCUT2D eigenvalue weighted by Gasteiger charge is 2.31. The number of carbonyl (C=O) groups excluding carboxylic acids is 1. The normalized spacial score (nSPS) is 18.2. The molecule has 94 valence electrons. The molecule has 1 heterocycles. The smallest absolute Gasteiger partial charge is 0.222 e. The molecule has 17 heavy (non-hydrogen) atoms. The van der Waals surface area contributed by atoms with E-state index in [2.05, 4.69) is 5.32 Å². The van der Waals surface area contributed by atoms with E-state index in [0.717, 1.165) is 31.2 Å². The number of aryl methyl sites for hydroxylation is 1. The molecule has 1 aromatic heterocycles. The largest absolute Gasteiger partial charge is 0.357 e. The van der Waals surface area contributed by atoms with Gasteiger partial charge in [0.15, 0.2) is 0 Å². The number of nitrogens with zero attached hydrogens (tertiary/aromatic N) is 1. The highest BCUT2D eigenvalue weighted by molar-refractivity contribution is 5.77. The van der Waals surface area contributed by atoms with Gasteiger partial charge in [-0.3, -0.25) is 4.79 Å². The molecule has 2 rings (SSSR count). The van der Waals surface area contributed by atoms with E-state index in [4.69, 9.17) is 5.73 Å². The Morgan fingerprint density at radius 1 is 1.53 bits per heavy atom.